The first-order valence-corrected chi connectivity index (χ1v) is 5.19. The van der Waals surface area contributed by atoms with Crippen molar-refractivity contribution in [3.05, 3.63) is 42.5 Å². The number of ether oxygens (including phenoxy) is 1. The van der Waals surface area contributed by atoms with Crippen molar-refractivity contribution in [1.82, 2.24) is 4.90 Å². The first kappa shape index (κ1) is 11.8. The van der Waals surface area contributed by atoms with Crippen LogP contribution in [0.4, 0.5) is 0 Å². The SMILES string of the molecule is C=C(C)CN(C)CCOc1ccccc1. The maximum absolute atomic E-state index is 5.59. The minimum atomic E-state index is 0.716. The Kier molecular flexibility index (Phi) is 4.91. The second-order valence-electron chi connectivity index (χ2n) is 3.86. The van der Waals surface area contributed by atoms with Crippen LogP contribution < -0.4 is 4.74 Å². The summed E-state index contributed by atoms with van der Waals surface area (Å²) < 4.78 is 5.59. The van der Waals surface area contributed by atoms with E-state index in [0.717, 1.165) is 18.8 Å². The van der Waals surface area contributed by atoms with Gasteiger partial charge in [-0.05, 0) is 26.1 Å². The molecule has 0 amide bonds. The van der Waals surface area contributed by atoms with E-state index in [1.807, 2.05) is 37.3 Å². The molecule has 82 valence electrons. The van der Waals surface area contributed by atoms with Crippen molar-refractivity contribution in [3.8, 4) is 5.75 Å². The summed E-state index contributed by atoms with van der Waals surface area (Å²) in [7, 11) is 2.07. The summed E-state index contributed by atoms with van der Waals surface area (Å²) in [4.78, 5) is 2.20. The fourth-order valence-electron chi connectivity index (χ4n) is 1.38. The molecule has 1 aromatic carbocycles. The minimum Gasteiger partial charge on any atom is -0.492 e. The van der Waals surface area contributed by atoms with E-state index in [9.17, 15) is 0 Å². The molecule has 0 atom stereocenters. The van der Waals surface area contributed by atoms with Crippen molar-refractivity contribution >= 4 is 0 Å². The van der Waals surface area contributed by atoms with E-state index in [-0.39, 0.29) is 0 Å². The van der Waals surface area contributed by atoms with Crippen LogP contribution in [-0.4, -0.2) is 31.6 Å². The number of nitrogens with zero attached hydrogens (tertiary/aromatic N) is 1. The molecule has 1 rings (SSSR count). The summed E-state index contributed by atoms with van der Waals surface area (Å²) in [6.07, 6.45) is 0. The molecule has 2 nitrogen and oxygen atoms in total. The van der Waals surface area contributed by atoms with Gasteiger partial charge in [0.05, 0.1) is 0 Å². The van der Waals surface area contributed by atoms with Gasteiger partial charge in [0.25, 0.3) is 0 Å². The van der Waals surface area contributed by atoms with Gasteiger partial charge in [-0.15, -0.1) is 0 Å². The standard InChI is InChI=1S/C13H19NO/c1-12(2)11-14(3)9-10-15-13-7-5-4-6-8-13/h4-8H,1,9-11H2,2-3H3. The van der Waals surface area contributed by atoms with Crippen LogP contribution in [0.1, 0.15) is 6.92 Å². The third-order valence-corrected chi connectivity index (χ3v) is 2.02. The van der Waals surface area contributed by atoms with Crippen LogP contribution >= 0.6 is 0 Å². The van der Waals surface area contributed by atoms with Gasteiger partial charge in [0.2, 0.25) is 0 Å². The van der Waals surface area contributed by atoms with E-state index in [1.165, 1.54) is 5.57 Å². The third kappa shape index (κ3) is 5.23. The number of rotatable bonds is 6. The highest BCUT2D eigenvalue weighted by Gasteiger charge is 1.98. The Labute approximate surface area is 92.2 Å². The zero-order valence-electron chi connectivity index (χ0n) is 9.57. The summed E-state index contributed by atoms with van der Waals surface area (Å²) in [5, 5.41) is 0. The predicted octanol–water partition coefficient (Wildman–Crippen LogP) is 2.57. The molecule has 15 heavy (non-hydrogen) atoms. The van der Waals surface area contributed by atoms with Crippen molar-refractivity contribution in [2.24, 2.45) is 0 Å². The molecule has 0 aliphatic heterocycles. The quantitative estimate of drug-likeness (QED) is 0.662. The molecule has 0 bridgehead atoms. The van der Waals surface area contributed by atoms with Crippen LogP contribution in [-0.2, 0) is 0 Å². The van der Waals surface area contributed by atoms with E-state index in [2.05, 4.69) is 18.5 Å². The molecule has 0 N–H and O–H groups in total. The second-order valence-corrected chi connectivity index (χ2v) is 3.86. The Hall–Kier alpha value is -1.28. The topological polar surface area (TPSA) is 12.5 Å². The Balaban J connectivity index is 2.19. The van der Waals surface area contributed by atoms with Gasteiger partial charge in [0.1, 0.15) is 12.4 Å². The molecular weight excluding hydrogens is 186 g/mol. The Morgan fingerprint density at radius 2 is 2.00 bits per heavy atom. The summed E-state index contributed by atoms with van der Waals surface area (Å²) in [5.41, 5.74) is 1.18. The lowest BCUT2D eigenvalue weighted by atomic mass is 10.3. The van der Waals surface area contributed by atoms with Crippen LogP contribution in [0.25, 0.3) is 0 Å². The maximum Gasteiger partial charge on any atom is 0.119 e. The fourth-order valence-corrected chi connectivity index (χ4v) is 1.38. The molecule has 0 aromatic heterocycles. The van der Waals surface area contributed by atoms with Crippen molar-refractivity contribution in [2.75, 3.05) is 26.7 Å². The van der Waals surface area contributed by atoms with Crippen molar-refractivity contribution in [1.29, 1.82) is 0 Å². The van der Waals surface area contributed by atoms with Gasteiger partial charge in [-0.3, -0.25) is 4.90 Å². The number of benzene rings is 1. The first-order chi connectivity index (χ1) is 7.18. The number of para-hydroxylation sites is 1. The molecule has 2 heteroatoms. The Bertz CT molecular complexity index is 295. The molecule has 0 unspecified atom stereocenters. The third-order valence-electron chi connectivity index (χ3n) is 2.02. The largest absolute Gasteiger partial charge is 0.492 e. The van der Waals surface area contributed by atoms with Crippen LogP contribution in [0.15, 0.2) is 42.5 Å². The maximum atomic E-state index is 5.59. The summed E-state index contributed by atoms with van der Waals surface area (Å²) >= 11 is 0. The molecule has 0 saturated carbocycles. The highest BCUT2D eigenvalue weighted by molar-refractivity contribution is 5.20. The molecule has 0 radical (unpaired) electrons. The van der Waals surface area contributed by atoms with E-state index in [1.54, 1.807) is 0 Å². The summed E-state index contributed by atoms with van der Waals surface area (Å²) in [5.74, 6) is 0.932. The monoisotopic (exact) mass is 205 g/mol. The highest BCUT2D eigenvalue weighted by Crippen LogP contribution is 2.07. The summed E-state index contributed by atoms with van der Waals surface area (Å²) in [6, 6.07) is 9.89. The summed E-state index contributed by atoms with van der Waals surface area (Å²) in [6.45, 7) is 8.48. The van der Waals surface area contributed by atoms with E-state index in [4.69, 9.17) is 4.74 Å². The zero-order chi connectivity index (χ0) is 11.1. The molecule has 0 aliphatic carbocycles. The molecule has 0 saturated heterocycles. The van der Waals surface area contributed by atoms with E-state index >= 15 is 0 Å². The number of likely N-dealkylation sites (N-methyl/N-ethyl adjacent to an activating group) is 1. The van der Waals surface area contributed by atoms with Gasteiger partial charge in [-0.1, -0.05) is 30.4 Å². The number of hydrogen-bond donors (Lipinski definition) is 0. The van der Waals surface area contributed by atoms with Crippen molar-refractivity contribution in [3.63, 3.8) is 0 Å². The van der Waals surface area contributed by atoms with Gasteiger partial charge >= 0.3 is 0 Å². The first-order valence-electron chi connectivity index (χ1n) is 5.19. The van der Waals surface area contributed by atoms with Gasteiger partial charge in [0, 0.05) is 13.1 Å². The van der Waals surface area contributed by atoms with E-state index in [0.29, 0.717) is 6.61 Å². The molecular formula is C13H19NO. The Morgan fingerprint density at radius 1 is 1.33 bits per heavy atom. The molecule has 0 aliphatic rings. The minimum absolute atomic E-state index is 0.716. The van der Waals surface area contributed by atoms with Crippen LogP contribution in [0.3, 0.4) is 0 Å². The van der Waals surface area contributed by atoms with Crippen LogP contribution in [0, 0.1) is 0 Å². The van der Waals surface area contributed by atoms with Crippen molar-refractivity contribution in [2.45, 2.75) is 6.92 Å². The van der Waals surface area contributed by atoms with Gasteiger partial charge in [-0.2, -0.15) is 0 Å². The second kappa shape index (κ2) is 6.25. The lowest BCUT2D eigenvalue weighted by Crippen LogP contribution is -2.25. The van der Waals surface area contributed by atoms with Crippen molar-refractivity contribution < 1.29 is 4.74 Å². The van der Waals surface area contributed by atoms with Gasteiger partial charge in [-0.25, -0.2) is 0 Å². The normalized spacial score (nSPS) is 10.3. The smallest absolute Gasteiger partial charge is 0.119 e. The van der Waals surface area contributed by atoms with E-state index < -0.39 is 0 Å². The highest BCUT2D eigenvalue weighted by atomic mass is 16.5. The molecule has 0 spiro atoms. The molecule has 1 aromatic rings. The zero-order valence-corrected chi connectivity index (χ0v) is 9.57. The predicted molar refractivity (Wildman–Crippen MR) is 64.2 cm³/mol. The van der Waals surface area contributed by atoms with Crippen LogP contribution in [0.5, 0.6) is 5.75 Å². The molecule has 0 heterocycles. The fraction of sp³-hybridized carbons (Fsp3) is 0.385. The van der Waals surface area contributed by atoms with Gasteiger partial charge < -0.3 is 4.74 Å². The Morgan fingerprint density at radius 3 is 2.60 bits per heavy atom. The lowest BCUT2D eigenvalue weighted by Gasteiger charge is -2.16. The lowest BCUT2D eigenvalue weighted by molar-refractivity contribution is 0.247. The van der Waals surface area contributed by atoms with Gasteiger partial charge in [0.15, 0.2) is 0 Å². The average molecular weight is 205 g/mol. The number of hydrogen-bond acceptors (Lipinski definition) is 2. The van der Waals surface area contributed by atoms with Crippen LogP contribution in [0.2, 0.25) is 0 Å². The molecule has 0 fully saturated rings. The average Bonchev–Trinajstić information content (AvgIpc) is 2.18.